The van der Waals surface area contributed by atoms with Crippen molar-refractivity contribution in [2.24, 2.45) is 5.73 Å². The van der Waals surface area contributed by atoms with E-state index in [1.54, 1.807) is 20.3 Å². The van der Waals surface area contributed by atoms with Gasteiger partial charge in [0.25, 0.3) is 0 Å². The average Bonchev–Trinajstić information content (AvgIpc) is 2.43. The molecular formula is C14H22FN3O2. The Morgan fingerprint density at radius 3 is 2.35 bits per heavy atom. The number of nitrogens with two attached hydrogens (primary N) is 1. The van der Waals surface area contributed by atoms with Crippen LogP contribution in [0.3, 0.4) is 0 Å². The van der Waals surface area contributed by atoms with E-state index in [2.05, 4.69) is 4.90 Å². The summed E-state index contributed by atoms with van der Waals surface area (Å²) in [6.45, 7) is 3.23. The van der Waals surface area contributed by atoms with Gasteiger partial charge < -0.3 is 15.2 Å². The van der Waals surface area contributed by atoms with Gasteiger partial charge in [0.2, 0.25) is 0 Å². The topological polar surface area (TPSA) is 71.6 Å². The SMILES string of the molecule is COCCN(CCOC)Cc1ccc(F)cc1C(=N)N. The molecule has 0 unspecified atom stereocenters. The molecule has 0 saturated carbocycles. The lowest BCUT2D eigenvalue weighted by Crippen LogP contribution is -2.31. The van der Waals surface area contributed by atoms with Gasteiger partial charge in [0.05, 0.1) is 13.2 Å². The Balaban J connectivity index is 2.83. The van der Waals surface area contributed by atoms with Crippen LogP contribution in [0, 0.1) is 11.2 Å². The summed E-state index contributed by atoms with van der Waals surface area (Å²) >= 11 is 0. The number of hydrogen-bond donors (Lipinski definition) is 2. The first kappa shape index (κ1) is 16.6. The van der Waals surface area contributed by atoms with Crippen LogP contribution in [-0.4, -0.2) is 51.3 Å². The van der Waals surface area contributed by atoms with Crippen LogP contribution in [0.25, 0.3) is 0 Å². The first-order valence-corrected chi connectivity index (χ1v) is 6.41. The molecule has 0 saturated heterocycles. The maximum atomic E-state index is 13.2. The largest absolute Gasteiger partial charge is 0.384 e. The Bertz CT molecular complexity index is 432. The van der Waals surface area contributed by atoms with E-state index in [-0.39, 0.29) is 11.7 Å². The lowest BCUT2D eigenvalue weighted by Gasteiger charge is -2.23. The summed E-state index contributed by atoms with van der Waals surface area (Å²) < 4.78 is 23.4. The molecule has 0 bridgehead atoms. The van der Waals surface area contributed by atoms with Crippen molar-refractivity contribution >= 4 is 5.84 Å². The van der Waals surface area contributed by atoms with Crippen molar-refractivity contribution < 1.29 is 13.9 Å². The highest BCUT2D eigenvalue weighted by molar-refractivity contribution is 5.96. The molecule has 0 spiro atoms. The zero-order valence-corrected chi connectivity index (χ0v) is 12.0. The molecule has 1 aromatic rings. The smallest absolute Gasteiger partial charge is 0.123 e. The monoisotopic (exact) mass is 283 g/mol. The third-order valence-corrected chi connectivity index (χ3v) is 2.98. The van der Waals surface area contributed by atoms with E-state index in [1.165, 1.54) is 12.1 Å². The van der Waals surface area contributed by atoms with Crippen LogP contribution < -0.4 is 5.73 Å². The molecule has 0 fully saturated rings. The molecule has 5 nitrogen and oxygen atoms in total. The lowest BCUT2D eigenvalue weighted by atomic mass is 10.1. The van der Waals surface area contributed by atoms with Crippen molar-refractivity contribution in [2.45, 2.75) is 6.54 Å². The third kappa shape index (κ3) is 5.24. The molecule has 0 heterocycles. The van der Waals surface area contributed by atoms with Crippen molar-refractivity contribution in [3.8, 4) is 0 Å². The van der Waals surface area contributed by atoms with Gasteiger partial charge in [-0.05, 0) is 17.7 Å². The first-order chi connectivity index (χ1) is 9.58. The Labute approximate surface area is 119 Å². The molecule has 0 aliphatic rings. The highest BCUT2D eigenvalue weighted by atomic mass is 19.1. The Morgan fingerprint density at radius 1 is 1.25 bits per heavy atom. The van der Waals surface area contributed by atoms with Gasteiger partial charge in [-0.1, -0.05) is 6.07 Å². The van der Waals surface area contributed by atoms with E-state index in [0.717, 1.165) is 18.7 Å². The van der Waals surface area contributed by atoms with Gasteiger partial charge in [0.1, 0.15) is 11.7 Å². The zero-order valence-electron chi connectivity index (χ0n) is 12.0. The minimum Gasteiger partial charge on any atom is -0.384 e. The fourth-order valence-corrected chi connectivity index (χ4v) is 1.89. The number of nitrogens with one attached hydrogen (secondary N) is 1. The van der Waals surface area contributed by atoms with Crippen LogP contribution in [0.2, 0.25) is 0 Å². The molecule has 0 aromatic heterocycles. The van der Waals surface area contributed by atoms with E-state index in [0.29, 0.717) is 25.3 Å². The van der Waals surface area contributed by atoms with Crippen molar-refractivity contribution in [1.29, 1.82) is 5.41 Å². The van der Waals surface area contributed by atoms with Crippen molar-refractivity contribution in [2.75, 3.05) is 40.5 Å². The second-order valence-electron chi connectivity index (χ2n) is 4.48. The van der Waals surface area contributed by atoms with Gasteiger partial charge >= 0.3 is 0 Å². The molecule has 0 atom stereocenters. The summed E-state index contributed by atoms with van der Waals surface area (Å²) in [7, 11) is 3.29. The van der Waals surface area contributed by atoms with Crippen molar-refractivity contribution in [3.63, 3.8) is 0 Å². The average molecular weight is 283 g/mol. The van der Waals surface area contributed by atoms with Crippen LogP contribution in [0.5, 0.6) is 0 Å². The standard InChI is InChI=1S/C14H22FN3O2/c1-19-7-5-18(6-8-20-2)10-11-3-4-12(15)9-13(11)14(16)17/h3-4,9H,5-8,10H2,1-2H3,(H3,16,17). The molecule has 0 aliphatic carbocycles. The number of hydrogen-bond acceptors (Lipinski definition) is 4. The molecule has 1 aromatic carbocycles. The van der Waals surface area contributed by atoms with Gasteiger partial charge in [0.15, 0.2) is 0 Å². The van der Waals surface area contributed by atoms with E-state index >= 15 is 0 Å². The lowest BCUT2D eigenvalue weighted by molar-refractivity contribution is 0.110. The van der Waals surface area contributed by atoms with Crippen molar-refractivity contribution in [1.82, 2.24) is 4.90 Å². The van der Waals surface area contributed by atoms with E-state index in [4.69, 9.17) is 20.6 Å². The molecule has 3 N–H and O–H groups in total. The maximum absolute atomic E-state index is 13.2. The van der Waals surface area contributed by atoms with E-state index in [9.17, 15) is 4.39 Å². The Hall–Kier alpha value is -1.50. The van der Waals surface area contributed by atoms with Crippen LogP contribution in [-0.2, 0) is 16.0 Å². The Kier molecular flexibility index (Phi) is 7.14. The number of benzene rings is 1. The van der Waals surface area contributed by atoms with Gasteiger partial charge in [-0.25, -0.2) is 4.39 Å². The normalized spacial score (nSPS) is 11.0. The molecule has 0 aliphatic heterocycles. The summed E-state index contributed by atoms with van der Waals surface area (Å²) in [6.07, 6.45) is 0. The first-order valence-electron chi connectivity index (χ1n) is 6.41. The maximum Gasteiger partial charge on any atom is 0.123 e. The van der Waals surface area contributed by atoms with Crippen molar-refractivity contribution in [3.05, 3.63) is 35.1 Å². The Morgan fingerprint density at radius 2 is 1.85 bits per heavy atom. The summed E-state index contributed by atoms with van der Waals surface area (Å²) in [5.41, 5.74) is 6.77. The number of amidine groups is 1. The summed E-state index contributed by atoms with van der Waals surface area (Å²) in [6, 6.07) is 4.34. The minimum absolute atomic E-state index is 0.127. The second kappa shape index (κ2) is 8.63. The number of nitrogens with zero attached hydrogens (tertiary/aromatic N) is 1. The quantitative estimate of drug-likeness (QED) is 0.528. The number of methoxy groups -OCH3 is 2. The molecule has 1 rings (SSSR count). The molecule has 112 valence electrons. The van der Waals surface area contributed by atoms with Gasteiger partial charge in [-0.3, -0.25) is 10.3 Å². The van der Waals surface area contributed by atoms with Crippen LogP contribution >= 0.6 is 0 Å². The fourth-order valence-electron chi connectivity index (χ4n) is 1.89. The molecule has 6 heteroatoms. The predicted molar refractivity (Wildman–Crippen MR) is 76.4 cm³/mol. The van der Waals surface area contributed by atoms with Gasteiger partial charge in [-0.15, -0.1) is 0 Å². The number of ether oxygens (including phenoxy) is 2. The zero-order chi connectivity index (χ0) is 15.0. The van der Waals surface area contributed by atoms with Crippen LogP contribution in [0.15, 0.2) is 18.2 Å². The molecule has 0 radical (unpaired) electrons. The second-order valence-corrected chi connectivity index (χ2v) is 4.48. The summed E-state index contributed by atoms with van der Waals surface area (Å²) in [5.74, 6) is -0.516. The van der Waals surface area contributed by atoms with E-state index < -0.39 is 0 Å². The highest BCUT2D eigenvalue weighted by Gasteiger charge is 2.11. The van der Waals surface area contributed by atoms with Gasteiger partial charge in [0, 0.05) is 39.4 Å². The third-order valence-electron chi connectivity index (χ3n) is 2.98. The number of rotatable bonds is 9. The van der Waals surface area contributed by atoms with Crippen LogP contribution in [0.1, 0.15) is 11.1 Å². The van der Waals surface area contributed by atoms with Crippen LogP contribution in [0.4, 0.5) is 4.39 Å². The molecule has 20 heavy (non-hydrogen) atoms. The summed E-state index contributed by atoms with van der Waals surface area (Å²) in [5, 5.41) is 7.54. The summed E-state index contributed by atoms with van der Waals surface area (Å²) in [4.78, 5) is 2.12. The number of halogens is 1. The minimum atomic E-state index is -0.390. The number of nitrogen functional groups attached to an aromatic ring is 1. The molecular weight excluding hydrogens is 261 g/mol. The molecule has 0 amide bonds. The highest BCUT2D eigenvalue weighted by Crippen LogP contribution is 2.13. The van der Waals surface area contributed by atoms with E-state index in [1.807, 2.05) is 0 Å². The predicted octanol–water partition coefficient (Wildman–Crippen LogP) is 1.20. The fraction of sp³-hybridized carbons (Fsp3) is 0.500. The van der Waals surface area contributed by atoms with Gasteiger partial charge in [-0.2, -0.15) is 0 Å².